The Balaban J connectivity index is 1.59. The van der Waals surface area contributed by atoms with Crippen LogP contribution in [-0.4, -0.2) is 28.8 Å². The molecule has 0 atom stereocenters. The van der Waals surface area contributed by atoms with Gasteiger partial charge in [0.25, 0.3) is 0 Å². The molecule has 0 amide bonds. The van der Waals surface area contributed by atoms with Gasteiger partial charge < -0.3 is 15.4 Å². The quantitative estimate of drug-likeness (QED) is 0.649. The number of halogens is 1. The highest BCUT2D eigenvalue weighted by Gasteiger charge is 2.03. The van der Waals surface area contributed by atoms with E-state index in [-0.39, 0.29) is 0 Å². The number of nitrogens with one attached hydrogen (secondary N) is 2. The predicted molar refractivity (Wildman–Crippen MR) is 104 cm³/mol. The number of hydrogen-bond acceptors (Lipinski definition) is 6. The first-order chi connectivity index (χ1) is 12.6. The van der Waals surface area contributed by atoms with E-state index in [4.69, 9.17) is 16.3 Å². The molecule has 7 heteroatoms. The van der Waals surface area contributed by atoms with Crippen molar-refractivity contribution in [1.29, 1.82) is 0 Å². The van der Waals surface area contributed by atoms with E-state index < -0.39 is 0 Å². The van der Waals surface area contributed by atoms with Gasteiger partial charge in [-0.3, -0.25) is 0 Å². The van der Waals surface area contributed by atoms with Crippen LogP contribution in [0.2, 0.25) is 5.02 Å². The zero-order chi connectivity index (χ0) is 18.4. The molecule has 0 unspecified atom stereocenters. The number of methoxy groups -OCH3 is 1. The molecule has 0 aliphatic heterocycles. The highest BCUT2D eigenvalue weighted by Crippen LogP contribution is 2.22. The van der Waals surface area contributed by atoms with Gasteiger partial charge in [-0.2, -0.15) is 10.1 Å². The molecule has 134 valence electrons. The van der Waals surface area contributed by atoms with E-state index in [9.17, 15) is 0 Å². The Labute approximate surface area is 157 Å². The van der Waals surface area contributed by atoms with Crippen molar-refractivity contribution in [3.8, 4) is 5.75 Å². The van der Waals surface area contributed by atoms with Gasteiger partial charge in [-0.05, 0) is 48.7 Å². The number of hydrogen-bond donors (Lipinski definition) is 2. The van der Waals surface area contributed by atoms with Crippen molar-refractivity contribution in [1.82, 2.24) is 15.2 Å². The molecule has 0 aliphatic carbocycles. The van der Waals surface area contributed by atoms with Gasteiger partial charge in [0.1, 0.15) is 5.75 Å². The highest BCUT2D eigenvalue weighted by molar-refractivity contribution is 6.31. The number of benzene rings is 2. The molecular weight excluding hydrogens is 350 g/mol. The second-order valence-corrected chi connectivity index (χ2v) is 6.19. The fourth-order valence-electron chi connectivity index (χ4n) is 2.40. The third-order valence-electron chi connectivity index (χ3n) is 3.83. The maximum atomic E-state index is 6.15. The maximum absolute atomic E-state index is 6.15. The summed E-state index contributed by atoms with van der Waals surface area (Å²) in [5.41, 5.74) is 3.05. The average Bonchev–Trinajstić information content (AvgIpc) is 2.65. The summed E-state index contributed by atoms with van der Waals surface area (Å²) in [6.45, 7) is 2.65. The summed E-state index contributed by atoms with van der Waals surface area (Å²) in [6.07, 6.45) is 2.40. The fraction of sp³-hybridized carbons (Fsp3) is 0.211. The second kappa shape index (κ2) is 8.49. The van der Waals surface area contributed by atoms with Gasteiger partial charge in [0.15, 0.2) is 5.82 Å². The Morgan fingerprint density at radius 2 is 2.04 bits per heavy atom. The molecule has 0 spiro atoms. The van der Waals surface area contributed by atoms with Crippen molar-refractivity contribution >= 4 is 29.1 Å². The molecule has 3 rings (SSSR count). The fourth-order valence-corrected chi connectivity index (χ4v) is 2.58. The van der Waals surface area contributed by atoms with Crippen LogP contribution in [0.3, 0.4) is 0 Å². The monoisotopic (exact) mass is 369 g/mol. The lowest BCUT2D eigenvalue weighted by Gasteiger charge is -2.09. The number of nitrogens with zero attached hydrogens (tertiary/aromatic N) is 3. The molecule has 6 nitrogen and oxygen atoms in total. The number of anilines is 3. The van der Waals surface area contributed by atoms with Crippen molar-refractivity contribution in [3.63, 3.8) is 0 Å². The molecule has 1 aromatic heterocycles. The molecule has 0 fully saturated rings. The van der Waals surface area contributed by atoms with Crippen LogP contribution in [0.1, 0.15) is 11.1 Å². The van der Waals surface area contributed by atoms with Crippen LogP contribution in [0.5, 0.6) is 5.75 Å². The van der Waals surface area contributed by atoms with Gasteiger partial charge in [-0.15, -0.1) is 5.10 Å². The van der Waals surface area contributed by atoms with E-state index in [2.05, 4.69) is 31.9 Å². The zero-order valence-corrected chi connectivity index (χ0v) is 15.4. The molecule has 3 aromatic rings. The Bertz CT molecular complexity index is 887. The highest BCUT2D eigenvalue weighted by atomic mass is 35.5. The molecule has 0 saturated heterocycles. The summed E-state index contributed by atoms with van der Waals surface area (Å²) in [7, 11) is 1.66. The molecular formula is C19H20ClN5O. The maximum Gasteiger partial charge on any atom is 0.244 e. The molecule has 0 saturated carbocycles. The summed E-state index contributed by atoms with van der Waals surface area (Å²) in [5.74, 6) is 1.92. The summed E-state index contributed by atoms with van der Waals surface area (Å²) >= 11 is 6.15. The molecule has 2 aromatic carbocycles. The van der Waals surface area contributed by atoms with Gasteiger partial charge >= 0.3 is 0 Å². The lowest BCUT2D eigenvalue weighted by Crippen LogP contribution is -2.09. The van der Waals surface area contributed by atoms with Crippen molar-refractivity contribution in [2.24, 2.45) is 0 Å². The molecule has 1 heterocycles. The van der Waals surface area contributed by atoms with Crippen LogP contribution in [-0.2, 0) is 6.42 Å². The molecule has 2 N–H and O–H groups in total. The van der Waals surface area contributed by atoms with E-state index in [1.807, 2.05) is 43.3 Å². The van der Waals surface area contributed by atoms with Gasteiger partial charge in [-0.25, -0.2) is 0 Å². The van der Waals surface area contributed by atoms with Gasteiger partial charge in [0.05, 0.1) is 13.3 Å². The van der Waals surface area contributed by atoms with E-state index in [0.29, 0.717) is 23.3 Å². The largest absolute Gasteiger partial charge is 0.497 e. The third kappa shape index (κ3) is 4.83. The van der Waals surface area contributed by atoms with E-state index >= 15 is 0 Å². The molecule has 0 radical (unpaired) electrons. The summed E-state index contributed by atoms with van der Waals surface area (Å²) in [6, 6.07) is 13.7. The first-order valence-corrected chi connectivity index (χ1v) is 8.61. The number of rotatable bonds is 7. The van der Waals surface area contributed by atoms with Crippen LogP contribution in [0.4, 0.5) is 17.5 Å². The van der Waals surface area contributed by atoms with E-state index in [1.165, 1.54) is 5.56 Å². The van der Waals surface area contributed by atoms with Crippen LogP contribution >= 0.6 is 11.6 Å². The third-order valence-corrected chi connectivity index (χ3v) is 4.24. The van der Waals surface area contributed by atoms with Crippen molar-refractivity contribution < 1.29 is 4.74 Å². The topological polar surface area (TPSA) is 72.0 Å². The molecule has 26 heavy (non-hydrogen) atoms. The minimum atomic E-state index is 0.469. The smallest absolute Gasteiger partial charge is 0.244 e. The number of aryl methyl sites for hydroxylation is 1. The van der Waals surface area contributed by atoms with Gasteiger partial charge in [-0.1, -0.05) is 29.8 Å². The normalized spacial score (nSPS) is 10.4. The molecule has 0 bridgehead atoms. The van der Waals surface area contributed by atoms with E-state index in [0.717, 1.165) is 23.4 Å². The second-order valence-electron chi connectivity index (χ2n) is 5.78. The minimum absolute atomic E-state index is 0.469. The molecule has 0 aliphatic rings. The Kier molecular flexibility index (Phi) is 5.86. The van der Waals surface area contributed by atoms with Gasteiger partial charge in [0, 0.05) is 17.3 Å². The average molecular weight is 370 g/mol. The van der Waals surface area contributed by atoms with Crippen molar-refractivity contribution in [2.75, 3.05) is 24.3 Å². The van der Waals surface area contributed by atoms with Crippen LogP contribution in [0.25, 0.3) is 0 Å². The van der Waals surface area contributed by atoms with Crippen molar-refractivity contribution in [3.05, 3.63) is 64.8 Å². The van der Waals surface area contributed by atoms with Gasteiger partial charge in [0.2, 0.25) is 5.95 Å². The van der Waals surface area contributed by atoms with Crippen LogP contribution in [0, 0.1) is 6.92 Å². The van der Waals surface area contributed by atoms with Crippen molar-refractivity contribution in [2.45, 2.75) is 13.3 Å². The first kappa shape index (κ1) is 17.9. The number of aromatic nitrogens is 3. The lowest BCUT2D eigenvalue weighted by molar-refractivity contribution is 0.414. The standard InChI is InChI=1S/C19H20ClN5O/c1-13-6-7-15(11-17(13)20)23-18-12-22-25-19(24-18)21-9-8-14-4-3-5-16(10-14)26-2/h3-7,10-12H,8-9H2,1-2H3,(H2,21,23,24,25). The summed E-state index contributed by atoms with van der Waals surface area (Å²) in [5, 5.41) is 15.1. The van der Waals surface area contributed by atoms with Crippen LogP contribution in [0.15, 0.2) is 48.7 Å². The summed E-state index contributed by atoms with van der Waals surface area (Å²) in [4.78, 5) is 4.42. The Hall–Kier alpha value is -2.86. The summed E-state index contributed by atoms with van der Waals surface area (Å²) < 4.78 is 5.23. The number of ether oxygens (including phenoxy) is 1. The zero-order valence-electron chi connectivity index (χ0n) is 14.7. The Morgan fingerprint density at radius 3 is 2.85 bits per heavy atom. The predicted octanol–water partition coefficient (Wildman–Crippen LogP) is 4.24. The Morgan fingerprint density at radius 1 is 1.15 bits per heavy atom. The lowest BCUT2D eigenvalue weighted by atomic mass is 10.1. The van der Waals surface area contributed by atoms with Crippen LogP contribution < -0.4 is 15.4 Å². The minimum Gasteiger partial charge on any atom is -0.497 e. The van der Waals surface area contributed by atoms with E-state index in [1.54, 1.807) is 13.3 Å². The SMILES string of the molecule is COc1cccc(CCNc2nncc(Nc3ccc(C)c(Cl)c3)n2)c1. The first-order valence-electron chi connectivity index (χ1n) is 8.24.